The van der Waals surface area contributed by atoms with Crippen LogP contribution in [-0.2, 0) is 32.2 Å². The van der Waals surface area contributed by atoms with Gasteiger partial charge in [-0.25, -0.2) is 0 Å². The zero-order chi connectivity index (χ0) is 28.4. The van der Waals surface area contributed by atoms with Gasteiger partial charge < -0.3 is 19.3 Å². The van der Waals surface area contributed by atoms with E-state index in [4.69, 9.17) is 32.7 Å². The number of carbonyl (C=O) groups is 2. The van der Waals surface area contributed by atoms with Gasteiger partial charge in [0.15, 0.2) is 0 Å². The number of benzene rings is 2. The van der Waals surface area contributed by atoms with E-state index in [0.29, 0.717) is 55.3 Å². The Labute approximate surface area is 246 Å². The number of likely N-dealkylation sites (N-methyl/N-ethyl adjacent to an activating group) is 1. The summed E-state index contributed by atoms with van der Waals surface area (Å²) in [5, 5.41) is 4.41. The molecular weight excluding hydrogens is 549 g/mol. The van der Waals surface area contributed by atoms with E-state index in [1.807, 2.05) is 48.3 Å². The van der Waals surface area contributed by atoms with E-state index in [1.165, 1.54) is 0 Å². The smallest absolute Gasteiger partial charge is 0.252 e. The Morgan fingerprint density at radius 2 is 1.88 bits per heavy atom. The lowest BCUT2D eigenvalue weighted by molar-refractivity contribution is -0.136. The third-order valence-electron chi connectivity index (χ3n) is 7.89. The molecule has 2 fully saturated rings. The van der Waals surface area contributed by atoms with Gasteiger partial charge in [-0.2, -0.15) is 0 Å². The Hall–Kier alpha value is -2.42. The summed E-state index contributed by atoms with van der Waals surface area (Å²) in [5.74, 6) is 0.371. The normalized spacial score (nSPS) is 21.5. The molecule has 0 aromatic heterocycles. The molecule has 1 N–H and O–H groups in total. The Kier molecular flexibility index (Phi) is 9.18. The van der Waals surface area contributed by atoms with Gasteiger partial charge in [-0.1, -0.05) is 66.5 Å². The maximum atomic E-state index is 14.4. The van der Waals surface area contributed by atoms with E-state index in [2.05, 4.69) is 12.2 Å². The lowest BCUT2D eigenvalue weighted by Gasteiger charge is -2.43. The maximum absolute atomic E-state index is 14.4. The minimum Gasteiger partial charge on any atom is -0.384 e. The predicted molar refractivity (Wildman–Crippen MR) is 157 cm³/mol. The molecule has 5 rings (SSSR count). The van der Waals surface area contributed by atoms with E-state index in [1.54, 1.807) is 18.1 Å². The van der Waals surface area contributed by atoms with Gasteiger partial charge in [0.2, 0.25) is 5.91 Å². The van der Waals surface area contributed by atoms with Crippen LogP contribution in [0.2, 0.25) is 10.0 Å². The van der Waals surface area contributed by atoms with Crippen molar-refractivity contribution in [1.82, 2.24) is 15.1 Å². The second-order valence-electron chi connectivity index (χ2n) is 11.2. The third-order valence-corrected chi connectivity index (χ3v) is 8.75. The highest BCUT2D eigenvalue weighted by molar-refractivity contribution is 6.42. The summed E-state index contributed by atoms with van der Waals surface area (Å²) in [7, 11) is 3.50. The summed E-state index contributed by atoms with van der Waals surface area (Å²) in [6, 6.07) is 13.3. The number of amides is 2. The lowest BCUT2D eigenvalue weighted by Crippen LogP contribution is -2.62. The van der Waals surface area contributed by atoms with Gasteiger partial charge in [-0.15, -0.1) is 0 Å². The number of fused-ring (bicyclic) bond motifs is 2. The second-order valence-corrected chi connectivity index (χ2v) is 12.0. The Bertz CT molecular complexity index is 1280. The van der Waals surface area contributed by atoms with E-state index in [9.17, 15) is 9.59 Å². The number of hydrogen-bond donors (Lipinski definition) is 1. The summed E-state index contributed by atoms with van der Waals surface area (Å²) >= 11 is 12.8. The fourth-order valence-electron chi connectivity index (χ4n) is 5.67. The minimum absolute atomic E-state index is 0.00761. The van der Waals surface area contributed by atoms with Crippen molar-refractivity contribution < 1.29 is 19.1 Å². The van der Waals surface area contributed by atoms with Crippen LogP contribution in [-0.4, -0.2) is 73.7 Å². The van der Waals surface area contributed by atoms with Crippen molar-refractivity contribution in [2.24, 2.45) is 5.92 Å². The number of nitrogens with one attached hydrogen (secondary N) is 1. The first kappa shape index (κ1) is 29.1. The van der Waals surface area contributed by atoms with Crippen LogP contribution in [0.25, 0.3) is 5.57 Å². The average Bonchev–Trinajstić information content (AvgIpc) is 3.78. The summed E-state index contributed by atoms with van der Waals surface area (Å²) in [4.78, 5) is 31.0. The maximum Gasteiger partial charge on any atom is 0.252 e. The second kappa shape index (κ2) is 12.6. The Morgan fingerprint density at radius 1 is 1.12 bits per heavy atom. The van der Waals surface area contributed by atoms with Gasteiger partial charge in [0.25, 0.3) is 5.91 Å². The van der Waals surface area contributed by atoms with Gasteiger partial charge in [-0.3, -0.25) is 14.9 Å². The SMILES string of the molecule is COC[C@H](C)COCc1ccc(C2=C(C(=O)N(Cc3cccc(Cl)c3Cl)C3CC3)C3CN(C)C(=O)C(C2)N3)cc1. The summed E-state index contributed by atoms with van der Waals surface area (Å²) in [5.41, 5.74) is 4.52. The zero-order valence-corrected chi connectivity index (χ0v) is 24.8. The molecule has 3 atom stereocenters. The summed E-state index contributed by atoms with van der Waals surface area (Å²) in [6.45, 7) is 4.72. The largest absolute Gasteiger partial charge is 0.384 e. The number of rotatable bonds is 11. The molecule has 9 heteroatoms. The molecule has 2 aliphatic heterocycles. The van der Waals surface area contributed by atoms with Crippen LogP contribution in [0.15, 0.2) is 48.0 Å². The molecule has 1 saturated heterocycles. The van der Waals surface area contributed by atoms with Crippen molar-refractivity contribution >= 4 is 40.6 Å². The van der Waals surface area contributed by atoms with Gasteiger partial charge in [0.05, 0.1) is 41.9 Å². The monoisotopic (exact) mass is 585 g/mol. The molecule has 0 spiro atoms. The number of methoxy groups -OCH3 is 1. The number of nitrogens with zero attached hydrogens (tertiary/aromatic N) is 2. The van der Waals surface area contributed by atoms with E-state index < -0.39 is 0 Å². The number of hydrogen-bond acceptors (Lipinski definition) is 5. The fourth-order valence-corrected chi connectivity index (χ4v) is 6.05. The molecule has 2 amide bonds. The minimum atomic E-state index is -0.350. The number of carbonyl (C=O) groups excluding carboxylic acids is 2. The first-order valence-electron chi connectivity index (χ1n) is 13.9. The molecule has 2 aromatic rings. The van der Waals surface area contributed by atoms with Gasteiger partial charge >= 0.3 is 0 Å². The topological polar surface area (TPSA) is 71.1 Å². The number of halogens is 2. The van der Waals surface area contributed by atoms with Crippen molar-refractivity contribution in [1.29, 1.82) is 0 Å². The van der Waals surface area contributed by atoms with Crippen molar-refractivity contribution in [3.8, 4) is 0 Å². The highest BCUT2D eigenvalue weighted by Gasteiger charge is 2.44. The third kappa shape index (κ3) is 6.39. The van der Waals surface area contributed by atoms with Gasteiger partial charge in [-0.05, 0) is 47.6 Å². The van der Waals surface area contributed by atoms with Crippen molar-refractivity contribution in [2.75, 3.05) is 33.9 Å². The zero-order valence-electron chi connectivity index (χ0n) is 23.3. The average molecular weight is 587 g/mol. The predicted octanol–water partition coefficient (Wildman–Crippen LogP) is 4.94. The van der Waals surface area contributed by atoms with Crippen molar-refractivity contribution in [2.45, 2.75) is 57.5 Å². The molecule has 40 heavy (non-hydrogen) atoms. The first-order chi connectivity index (χ1) is 19.3. The molecular formula is C31H37Cl2N3O4. The van der Waals surface area contributed by atoms with Gasteiger partial charge in [0.1, 0.15) is 0 Å². The molecule has 214 valence electrons. The van der Waals surface area contributed by atoms with Gasteiger partial charge in [0, 0.05) is 44.8 Å². The van der Waals surface area contributed by atoms with Crippen LogP contribution >= 0.6 is 23.2 Å². The van der Waals surface area contributed by atoms with Crippen molar-refractivity contribution in [3.63, 3.8) is 0 Å². The first-order valence-corrected chi connectivity index (χ1v) is 14.7. The molecule has 3 aliphatic rings. The fraction of sp³-hybridized carbons (Fsp3) is 0.484. The van der Waals surface area contributed by atoms with Crippen LogP contribution in [0.4, 0.5) is 0 Å². The molecule has 2 bridgehead atoms. The summed E-state index contributed by atoms with van der Waals surface area (Å²) in [6.07, 6.45) is 2.38. The quantitative estimate of drug-likeness (QED) is 0.404. The van der Waals surface area contributed by atoms with Crippen LogP contribution < -0.4 is 5.32 Å². The lowest BCUT2D eigenvalue weighted by atomic mass is 9.82. The molecule has 2 aromatic carbocycles. The molecule has 1 aliphatic carbocycles. The molecule has 1 saturated carbocycles. The highest BCUT2D eigenvalue weighted by atomic mass is 35.5. The van der Waals surface area contributed by atoms with E-state index >= 15 is 0 Å². The molecule has 2 unspecified atom stereocenters. The highest BCUT2D eigenvalue weighted by Crippen LogP contribution is 2.38. The van der Waals surface area contributed by atoms with Crippen LogP contribution in [0, 0.1) is 5.92 Å². The molecule has 0 radical (unpaired) electrons. The number of piperazine rings is 1. The van der Waals surface area contributed by atoms with E-state index in [-0.39, 0.29) is 29.9 Å². The number of ether oxygens (including phenoxy) is 2. The Balaban J connectivity index is 1.44. The van der Waals surface area contributed by atoms with Crippen molar-refractivity contribution in [3.05, 3.63) is 74.8 Å². The summed E-state index contributed by atoms with van der Waals surface area (Å²) < 4.78 is 11.1. The van der Waals surface area contributed by atoms with Crippen LogP contribution in [0.3, 0.4) is 0 Å². The van der Waals surface area contributed by atoms with Crippen LogP contribution in [0.5, 0.6) is 0 Å². The Morgan fingerprint density at radius 3 is 2.58 bits per heavy atom. The van der Waals surface area contributed by atoms with E-state index in [0.717, 1.165) is 40.7 Å². The van der Waals surface area contributed by atoms with Crippen LogP contribution in [0.1, 0.15) is 42.9 Å². The molecule has 2 heterocycles. The standard InChI is InChI=1S/C31H37Cl2N3O4/c1-19(16-39-3)17-40-18-20-7-9-21(10-8-20)24-13-26-30(37)35(2)15-27(34-26)28(24)31(38)36(23-11-12-23)14-22-5-4-6-25(32)29(22)33/h4-10,19,23,26-27,34H,11-18H2,1-3H3/t19-,26?,27?/m0/s1. The molecule has 7 nitrogen and oxygen atoms in total.